The normalized spacial score (nSPS) is 10.4. The molecule has 0 aliphatic heterocycles. The Hall–Kier alpha value is -1.26. The van der Waals surface area contributed by atoms with E-state index in [1.807, 2.05) is 0 Å². The van der Waals surface area contributed by atoms with Gasteiger partial charge in [0.2, 0.25) is 0 Å². The Morgan fingerprint density at radius 2 is 1.72 bits per heavy atom. The first-order valence-corrected chi connectivity index (χ1v) is 6.11. The molecule has 2 rings (SSSR count). The molecular weight excluding hydrogens is 325 g/mol. The molecule has 1 nitrogen and oxygen atoms in total. The Morgan fingerprint density at radius 3 is 2.39 bits per heavy atom. The molecule has 0 radical (unpaired) electrons. The molecule has 0 spiro atoms. The van der Waals surface area contributed by atoms with E-state index in [1.54, 1.807) is 0 Å². The summed E-state index contributed by atoms with van der Waals surface area (Å²) in [7, 11) is 0. The quantitative estimate of drug-likeness (QED) is 0.734. The van der Waals surface area contributed by atoms with Crippen molar-refractivity contribution in [2.45, 2.75) is 0 Å². The van der Waals surface area contributed by atoms with Crippen LogP contribution in [0.15, 0.2) is 40.9 Å². The van der Waals surface area contributed by atoms with Gasteiger partial charge in [0.05, 0.1) is 10.6 Å². The molecule has 0 saturated carbocycles. The molecule has 0 N–H and O–H groups in total. The van der Waals surface area contributed by atoms with Crippen molar-refractivity contribution in [2.24, 2.45) is 0 Å². The van der Waals surface area contributed by atoms with Crippen LogP contribution >= 0.6 is 27.5 Å². The number of hydrogen-bond acceptors (Lipinski definition) is 1. The van der Waals surface area contributed by atoms with Gasteiger partial charge in [0.25, 0.3) is 0 Å². The van der Waals surface area contributed by atoms with Crippen LogP contribution in [-0.4, -0.2) is 5.78 Å². The van der Waals surface area contributed by atoms with Crippen LogP contribution in [0.3, 0.4) is 0 Å². The van der Waals surface area contributed by atoms with Crippen LogP contribution in [0.2, 0.25) is 5.02 Å². The van der Waals surface area contributed by atoms with Gasteiger partial charge in [-0.05, 0) is 36.4 Å². The summed E-state index contributed by atoms with van der Waals surface area (Å²) in [6.07, 6.45) is 0. The Bertz CT molecular complexity index is 628. The lowest BCUT2D eigenvalue weighted by Crippen LogP contribution is -2.04. The van der Waals surface area contributed by atoms with Crippen molar-refractivity contribution in [3.05, 3.63) is 68.7 Å². The first kappa shape index (κ1) is 13.2. The highest BCUT2D eigenvalue weighted by molar-refractivity contribution is 9.10. The van der Waals surface area contributed by atoms with E-state index in [9.17, 15) is 13.6 Å². The van der Waals surface area contributed by atoms with E-state index in [4.69, 9.17) is 11.6 Å². The minimum Gasteiger partial charge on any atom is -0.288 e. The Kier molecular flexibility index (Phi) is 3.78. The monoisotopic (exact) mass is 330 g/mol. The molecule has 0 bridgehead atoms. The van der Waals surface area contributed by atoms with Crippen molar-refractivity contribution >= 4 is 33.3 Å². The Labute approximate surface area is 116 Å². The van der Waals surface area contributed by atoms with Crippen LogP contribution in [0.5, 0.6) is 0 Å². The summed E-state index contributed by atoms with van der Waals surface area (Å²) in [6.45, 7) is 0. The number of benzene rings is 2. The molecule has 0 aliphatic rings. The number of carbonyl (C=O) groups is 1. The molecule has 0 aliphatic carbocycles. The highest BCUT2D eigenvalue weighted by atomic mass is 79.9. The van der Waals surface area contributed by atoms with Gasteiger partial charge in [-0.3, -0.25) is 4.79 Å². The standard InChI is InChI=1S/C13H6BrClF2O/c14-8-2-4-11(16)9(6-8)13(18)7-1-3-12(17)10(15)5-7/h1-6H. The molecular formula is C13H6BrClF2O. The molecule has 2 aromatic carbocycles. The Balaban J connectivity index is 2.47. The minimum atomic E-state index is -0.636. The molecule has 2 aromatic rings. The third-order valence-electron chi connectivity index (χ3n) is 2.35. The zero-order valence-electron chi connectivity index (χ0n) is 8.88. The largest absolute Gasteiger partial charge is 0.288 e. The fourth-order valence-corrected chi connectivity index (χ4v) is 2.01. The lowest BCUT2D eigenvalue weighted by Gasteiger charge is -2.04. The first-order valence-electron chi connectivity index (χ1n) is 4.94. The van der Waals surface area contributed by atoms with Crippen molar-refractivity contribution in [2.75, 3.05) is 0 Å². The van der Waals surface area contributed by atoms with Crippen molar-refractivity contribution in [3.63, 3.8) is 0 Å². The number of halogens is 4. The maximum absolute atomic E-state index is 13.5. The summed E-state index contributed by atoms with van der Waals surface area (Å²) in [5.74, 6) is -1.80. The molecule has 0 heterocycles. The molecule has 0 saturated heterocycles. The third kappa shape index (κ3) is 2.60. The summed E-state index contributed by atoms with van der Waals surface area (Å²) < 4.78 is 27.1. The van der Waals surface area contributed by atoms with E-state index in [-0.39, 0.29) is 16.1 Å². The summed E-state index contributed by atoms with van der Waals surface area (Å²) in [5, 5.41) is -0.170. The van der Waals surface area contributed by atoms with E-state index in [0.717, 1.165) is 6.07 Å². The highest BCUT2D eigenvalue weighted by Crippen LogP contribution is 2.22. The highest BCUT2D eigenvalue weighted by Gasteiger charge is 2.15. The SMILES string of the molecule is O=C(c1ccc(F)c(Cl)c1)c1cc(Br)ccc1F. The van der Waals surface area contributed by atoms with E-state index < -0.39 is 17.4 Å². The smallest absolute Gasteiger partial charge is 0.196 e. The molecule has 18 heavy (non-hydrogen) atoms. The number of hydrogen-bond donors (Lipinski definition) is 0. The third-order valence-corrected chi connectivity index (χ3v) is 3.14. The second-order valence-corrected chi connectivity index (χ2v) is 4.91. The van der Waals surface area contributed by atoms with Gasteiger partial charge in [0.15, 0.2) is 5.78 Å². The van der Waals surface area contributed by atoms with Gasteiger partial charge in [-0.25, -0.2) is 8.78 Å². The van der Waals surface area contributed by atoms with Gasteiger partial charge in [0, 0.05) is 10.0 Å². The van der Waals surface area contributed by atoms with E-state index >= 15 is 0 Å². The topological polar surface area (TPSA) is 17.1 Å². The van der Waals surface area contributed by atoms with Crippen LogP contribution in [-0.2, 0) is 0 Å². The average Bonchev–Trinajstić information content (AvgIpc) is 2.35. The zero-order chi connectivity index (χ0) is 13.3. The fourth-order valence-electron chi connectivity index (χ4n) is 1.46. The van der Waals surface area contributed by atoms with Crippen LogP contribution in [0.1, 0.15) is 15.9 Å². The number of rotatable bonds is 2. The fraction of sp³-hybridized carbons (Fsp3) is 0. The van der Waals surface area contributed by atoms with E-state index in [0.29, 0.717) is 4.47 Å². The summed E-state index contributed by atoms with van der Waals surface area (Å²) in [4.78, 5) is 12.0. The second-order valence-electron chi connectivity index (χ2n) is 3.58. The van der Waals surface area contributed by atoms with Gasteiger partial charge in [0.1, 0.15) is 11.6 Å². The molecule has 0 aromatic heterocycles. The number of ketones is 1. The summed E-state index contributed by atoms with van der Waals surface area (Å²) >= 11 is 8.74. The molecule has 5 heteroatoms. The van der Waals surface area contributed by atoms with Crippen molar-refractivity contribution in [1.29, 1.82) is 0 Å². The van der Waals surface area contributed by atoms with Crippen molar-refractivity contribution < 1.29 is 13.6 Å². The van der Waals surface area contributed by atoms with Gasteiger partial charge in [-0.1, -0.05) is 27.5 Å². The predicted octanol–water partition coefficient (Wildman–Crippen LogP) is 4.61. The maximum atomic E-state index is 13.5. The number of carbonyl (C=O) groups excluding carboxylic acids is 1. The first-order chi connectivity index (χ1) is 8.49. The average molecular weight is 332 g/mol. The lowest BCUT2D eigenvalue weighted by atomic mass is 10.0. The molecule has 0 amide bonds. The summed E-state index contributed by atoms with van der Waals surface area (Å²) in [6, 6.07) is 7.57. The second kappa shape index (κ2) is 5.16. The lowest BCUT2D eigenvalue weighted by molar-refractivity contribution is 0.103. The molecule has 0 unspecified atom stereocenters. The van der Waals surface area contributed by atoms with E-state index in [2.05, 4.69) is 15.9 Å². The van der Waals surface area contributed by atoms with Crippen LogP contribution in [0.25, 0.3) is 0 Å². The molecule has 92 valence electrons. The van der Waals surface area contributed by atoms with Gasteiger partial charge in [-0.2, -0.15) is 0 Å². The van der Waals surface area contributed by atoms with Gasteiger partial charge in [-0.15, -0.1) is 0 Å². The Morgan fingerprint density at radius 1 is 1.06 bits per heavy atom. The summed E-state index contributed by atoms with van der Waals surface area (Å²) in [5.41, 5.74) is 0.0467. The van der Waals surface area contributed by atoms with Crippen LogP contribution in [0, 0.1) is 11.6 Å². The van der Waals surface area contributed by atoms with Gasteiger partial charge >= 0.3 is 0 Å². The van der Waals surface area contributed by atoms with E-state index in [1.165, 1.54) is 30.3 Å². The molecule has 0 atom stereocenters. The van der Waals surface area contributed by atoms with Crippen molar-refractivity contribution in [3.8, 4) is 0 Å². The zero-order valence-corrected chi connectivity index (χ0v) is 11.2. The van der Waals surface area contributed by atoms with Gasteiger partial charge < -0.3 is 0 Å². The maximum Gasteiger partial charge on any atom is 0.196 e. The minimum absolute atomic E-state index is 0.0907. The van der Waals surface area contributed by atoms with Crippen LogP contribution in [0.4, 0.5) is 8.78 Å². The van der Waals surface area contributed by atoms with Crippen LogP contribution < -0.4 is 0 Å². The predicted molar refractivity (Wildman–Crippen MR) is 68.9 cm³/mol. The molecule has 0 fully saturated rings. The van der Waals surface area contributed by atoms with Crippen molar-refractivity contribution in [1.82, 2.24) is 0 Å².